The average molecular weight is 390 g/mol. The average Bonchev–Trinajstić information content (AvgIpc) is 2.60. The van der Waals surface area contributed by atoms with E-state index in [1.54, 1.807) is 49.4 Å². The molecule has 0 aliphatic heterocycles. The number of nitrogens with zero attached hydrogens (tertiary/aromatic N) is 1. The first-order chi connectivity index (χ1) is 12.8. The summed E-state index contributed by atoms with van der Waals surface area (Å²) in [5.41, 5.74) is 5.85. The first kappa shape index (κ1) is 20.3. The molecule has 8 heteroatoms. The molecule has 7 nitrogen and oxygen atoms in total. The fraction of sp³-hybridized carbons (Fsp3) is 0.211. The minimum absolute atomic E-state index is 0.195. The van der Waals surface area contributed by atoms with Crippen LogP contribution in [0.4, 0.5) is 5.69 Å². The number of hydrogen-bond acceptors (Lipinski definition) is 4. The van der Waals surface area contributed by atoms with Crippen LogP contribution in [-0.2, 0) is 9.59 Å². The van der Waals surface area contributed by atoms with Crippen molar-refractivity contribution in [2.45, 2.75) is 13.0 Å². The van der Waals surface area contributed by atoms with Crippen molar-refractivity contribution >= 4 is 35.0 Å². The Morgan fingerprint density at radius 3 is 2.56 bits per heavy atom. The Hall–Kier alpha value is -3.06. The third-order valence-electron chi connectivity index (χ3n) is 3.59. The van der Waals surface area contributed by atoms with Gasteiger partial charge in [0.2, 0.25) is 5.91 Å². The molecule has 0 spiro atoms. The van der Waals surface area contributed by atoms with Crippen LogP contribution in [0.2, 0.25) is 5.02 Å². The fourth-order valence-corrected chi connectivity index (χ4v) is 2.48. The van der Waals surface area contributed by atoms with Crippen LogP contribution in [0.15, 0.2) is 48.5 Å². The Bertz CT molecular complexity index is 856. The van der Waals surface area contributed by atoms with E-state index in [2.05, 4.69) is 5.32 Å². The lowest BCUT2D eigenvalue weighted by atomic mass is 10.1. The van der Waals surface area contributed by atoms with Gasteiger partial charge in [0, 0.05) is 23.3 Å². The van der Waals surface area contributed by atoms with Crippen molar-refractivity contribution < 1.29 is 19.1 Å². The summed E-state index contributed by atoms with van der Waals surface area (Å²) in [6.07, 6.45) is -0.777. The highest BCUT2D eigenvalue weighted by Crippen LogP contribution is 2.19. The zero-order valence-corrected chi connectivity index (χ0v) is 15.7. The van der Waals surface area contributed by atoms with Crippen LogP contribution in [-0.4, -0.2) is 42.3 Å². The minimum Gasteiger partial charge on any atom is -0.481 e. The third kappa shape index (κ3) is 6.00. The van der Waals surface area contributed by atoms with Gasteiger partial charge >= 0.3 is 0 Å². The van der Waals surface area contributed by atoms with Gasteiger partial charge in [0.05, 0.1) is 6.54 Å². The molecule has 0 unspecified atom stereocenters. The second-order valence-corrected chi connectivity index (χ2v) is 6.35. The molecule has 0 aromatic heterocycles. The van der Waals surface area contributed by atoms with Gasteiger partial charge in [-0.05, 0) is 43.3 Å². The summed E-state index contributed by atoms with van der Waals surface area (Å²) in [5.74, 6) is -0.900. The number of rotatable bonds is 7. The number of hydrogen-bond donors (Lipinski definition) is 2. The van der Waals surface area contributed by atoms with Gasteiger partial charge in [-0.15, -0.1) is 0 Å². The molecule has 0 fully saturated rings. The topological polar surface area (TPSA) is 102 Å². The van der Waals surface area contributed by atoms with Gasteiger partial charge in [-0.2, -0.15) is 0 Å². The summed E-state index contributed by atoms with van der Waals surface area (Å²) in [5, 5.41) is 3.20. The number of amides is 3. The van der Waals surface area contributed by atoms with E-state index in [4.69, 9.17) is 22.1 Å². The Morgan fingerprint density at radius 1 is 1.19 bits per heavy atom. The summed E-state index contributed by atoms with van der Waals surface area (Å²) in [4.78, 5) is 36.8. The molecule has 3 amide bonds. The quantitative estimate of drug-likeness (QED) is 0.758. The number of anilines is 1. The molecule has 2 aromatic carbocycles. The Labute approximate surface area is 162 Å². The number of carbonyl (C=O) groups excluding carboxylic acids is 3. The van der Waals surface area contributed by atoms with Crippen LogP contribution in [0, 0.1) is 0 Å². The number of likely N-dealkylation sites (N-methyl/N-ethyl adjacent to an activating group) is 1. The molecule has 2 aromatic rings. The van der Waals surface area contributed by atoms with Crippen molar-refractivity contribution in [1.29, 1.82) is 0 Å². The third-order valence-corrected chi connectivity index (χ3v) is 3.83. The van der Waals surface area contributed by atoms with Crippen LogP contribution in [0.5, 0.6) is 5.75 Å². The van der Waals surface area contributed by atoms with Crippen molar-refractivity contribution in [2.75, 3.05) is 18.9 Å². The molecule has 0 aliphatic carbocycles. The Morgan fingerprint density at radius 2 is 1.89 bits per heavy atom. The highest BCUT2D eigenvalue weighted by molar-refractivity contribution is 6.30. The second-order valence-electron chi connectivity index (χ2n) is 5.92. The van der Waals surface area contributed by atoms with Gasteiger partial charge in [0.15, 0.2) is 6.10 Å². The maximum Gasteiger partial charge on any atom is 0.265 e. The summed E-state index contributed by atoms with van der Waals surface area (Å²) < 4.78 is 5.57. The SMILES string of the molecule is C[C@@H](Oc1cccc(Cl)c1)C(=O)Nc1cccc(C(=O)N(C)CC(N)=O)c1. The fourth-order valence-electron chi connectivity index (χ4n) is 2.30. The van der Waals surface area contributed by atoms with E-state index in [0.717, 1.165) is 0 Å². The number of carbonyl (C=O) groups is 3. The van der Waals surface area contributed by atoms with E-state index in [1.807, 2.05) is 0 Å². The maximum absolute atomic E-state index is 12.3. The van der Waals surface area contributed by atoms with Crippen molar-refractivity contribution in [3.05, 3.63) is 59.1 Å². The molecular formula is C19H20ClN3O4. The van der Waals surface area contributed by atoms with Gasteiger partial charge in [-0.25, -0.2) is 0 Å². The Balaban J connectivity index is 2.03. The second kappa shape index (κ2) is 9.05. The van der Waals surface area contributed by atoms with Crippen molar-refractivity contribution in [3.8, 4) is 5.75 Å². The predicted octanol–water partition coefficient (Wildman–Crippen LogP) is 2.30. The molecule has 0 radical (unpaired) electrons. The largest absolute Gasteiger partial charge is 0.481 e. The van der Waals surface area contributed by atoms with Gasteiger partial charge in [-0.3, -0.25) is 14.4 Å². The van der Waals surface area contributed by atoms with Crippen LogP contribution >= 0.6 is 11.6 Å². The van der Waals surface area contributed by atoms with E-state index >= 15 is 0 Å². The summed E-state index contributed by atoms with van der Waals surface area (Å²) in [6, 6.07) is 13.1. The molecule has 142 valence electrons. The Kier molecular flexibility index (Phi) is 6.79. The number of ether oxygens (including phenoxy) is 1. The number of benzene rings is 2. The lowest BCUT2D eigenvalue weighted by Gasteiger charge is -2.17. The molecule has 2 rings (SSSR count). The molecule has 1 atom stereocenters. The van der Waals surface area contributed by atoms with Gasteiger partial charge < -0.3 is 20.7 Å². The maximum atomic E-state index is 12.3. The van der Waals surface area contributed by atoms with Crippen molar-refractivity contribution in [3.63, 3.8) is 0 Å². The standard InChI is InChI=1S/C19H20ClN3O4/c1-12(27-16-8-4-6-14(20)10-16)18(25)22-15-7-3-5-13(9-15)19(26)23(2)11-17(21)24/h3-10,12H,11H2,1-2H3,(H2,21,24)(H,22,25)/t12-/m1/s1. The first-order valence-electron chi connectivity index (χ1n) is 8.13. The molecule has 3 N–H and O–H groups in total. The van der Waals surface area contributed by atoms with E-state index in [-0.39, 0.29) is 18.4 Å². The summed E-state index contributed by atoms with van der Waals surface area (Å²) in [7, 11) is 1.47. The van der Waals surface area contributed by atoms with Crippen LogP contribution in [0.1, 0.15) is 17.3 Å². The van der Waals surface area contributed by atoms with Gasteiger partial charge in [0.25, 0.3) is 11.8 Å². The molecule has 0 saturated carbocycles. The number of primary amides is 1. The van der Waals surface area contributed by atoms with E-state index in [0.29, 0.717) is 22.0 Å². The molecular weight excluding hydrogens is 370 g/mol. The normalized spacial score (nSPS) is 11.4. The smallest absolute Gasteiger partial charge is 0.265 e. The highest BCUT2D eigenvalue weighted by Gasteiger charge is 2.17. The lowest BCUT2D eigenvalue weighted by Crippen LogP contribution is -2.35. The van der Waals surface area contributed by atoms with Crippen molar-refractivity contribution in [1.82, 2.24) is 4.90 Å². The van der Waals surface area contributed by atoms with Crippen LogP contribution in [0.3, 0.4) is 0 Å². The number of halogens is 1. The summed E-state index contributed by atoms with van der Waals surface area (Å²) >= 11 is 5.90. The zero-order valence-electron chi connectivity index (χ0n) is 14.9. The molecule has 0 heterocycles. The van der Waals surface area contributed by atoms with Gasteiger partial charge in [0.1, 0.15) is 5.75 Å². The van der Waals surface area contributed by atoms with E-state index in [1.165, 1.54) is 18.0 Å². The van der Waals surface area contributed by atoms with Crippen LogP contribution < -0.4 is 15.8 Å². The van der Waals surface area contributed by atoms with Crippen molar-refractivity contribution in [2.24, 2.45) is 5.73 Å². The van der Waals surface area contributed by atoms with E-state index in [9.17, 15) is 14.4 Å². The predicted molar refractivity (Wildman–Crippen MR) is 103 cm³/mol. The molecule has 0 aliphatic rings. The highest BCUT2D eigenvalue weighted by atomic mass is 35.5. The molecule has 27 heavy (non-hydrogen) atoms. The van der Waals surface area contributed by atoms with Gasteiger partial charge in [-0.1, -0.05) is 23.7 Å². The zero-order chi connectivity index (χ0) is 20.0. The van der Waals surface area contributed by atoms with E-state index < -0.39 is 12.0 Å². The summed E-state index contributed by atoms with van der Waals surface area (Å²) in [6.45, 7) is 1.41. The lowest BCUT2D eigenvalue weighted by molar-refractivity contribution is -0.122. The molecule has 0 bridgehead atoms. The number of nitrogens with one attached hydrogen (secondary N) is 1. The monoisotopic (exact) mass is 389 g/mol. The number of nitrogens with two attached hydrogens (primary N) is 1. The first-order valence-corrected chi connectivity index (χ1v) is 8.51. The minimum atomic E-state index is -0.777. The van der Waals surface area contributed by atoms with Crippen LogP contribution in [0.25, 0.3) is 0 Å². The molecule has 0 saturated heterocycles.